The van der Waals surface area contributed by atoms with Gasteiger partial charge in [-0.25, -0.2) is 4.98 Å². The number of rotatable bonds is 11. The largest absolute Gasteiger partial charge is 0.481 e. The molecule has 0 aliphatic heterocycles. The number of aryl methyl sites for hydroxylation is 2. The molecule has 0 atom stereocenters. The van der Waals surface area contributed by atoms with Crippen LogP contribution in [0.4, 0.5) is 13.2 Å². The number of alkyl halides is 3. The molecule has 0 spiro atoms. The second-order valence-electron chi connectivity index (χ2n) is 8.43. The molecule has 0 aliphatic rings. The lowest BCUT2D eigenvalue weighted by Crippen LogP contribution is -2.11. The second-order valence-corrected chi connectivity index (χ2v) is 8.43. The number of carboxylic acid groups (broad SMARTS) is 1. The van der Waals surface area contributed by atoms with Gasteiger partial charge in [0.25, 0.3) is 0 Å². The quantitative estimate of drug-likeness (QED) is 0.377. The molecule has 3 aromatic rings. The fraction of sp³-hybridized carbons (Fsp3) is 0.400. The van der Waals surface area contributed by atoms with E-state index in [-0.39, 0.29) is 18.4 Å². The van der Waals surface area contributed by atoms with Gasteiger partial charge in [0, 0.05) is 23.5 Å². The van der Waals surface area contributed by atoms with Gasteiger partial charge in [-0.3, -0.25) is 9.48 Å². The van der Waals surface area contributed by atoms with E-state index in [0.29, 0.717) is 43.0 Å². The Balaban J connectivity index is 1.71. The number of nitrogens with zero attached hydrogens (tertiary/aromatic N) is 3. The first-order valence-electron chi connectivity index (χ1n) is 11.2. The highest BCUT2D eigenvalue weighted by Crippen LogP contribution is 2.31. The Labute approximate surface area is 201 Å². The number of hydrogen-bond acceptors (Lipinski definition) is 5. The smallest absolute Gasteiger partial charge is 0.416 e. The highest BCUT2D eigenvalue weighted by Gasteiger charge is 2.30. The Bertz CT molecular complexity index is 1160. The molecule has 0 bridgehead atoms. The summed E-state index contributed by atoms with van der Waals surface area (Å²) in [6.45, 7) is 6.01. The number of hydrogen-bond donors (Lipinski definition) is 1. The lowest BCUT2D eigenvalue weighted by Gasteiger charge is -2.13. The molecule has 0 radical (unpaired) electrons. The molecule has 0 saturated carbocycles. The minimum absolute atomic E-state index is 0.0841. The molecule has 7 nitrogen and oxygen atoms in total. The summed E-state index contributed by atoms with van der Waals surface area (Å²) in [7, 11) is 0. The zero-order valence-corrected chi connectivity index (χ0v) is 19.8. The van der Waals surface area contributed by atoms with E-state index >= 15 is 0 Å². The van der Waals surface area contributed by atoms with E-state index < -0.39 is 17.7 Å². The molecule has 0 amide bonds. The van der Waals surface area contributed by atoms with Crippen molar-refractivity contribution in [2.24, 2.45) is 0 Å². The summed E-state index contributed by atoms with van der Waals surface area (Å²) < 4.78 is 52.2. The van der Waals surface area contributed by atoms with Gasteiger partial charge in [-0.1, -0.05) is 12.1 Å². The van der Waals surface area contributed by atoms with Crippen molar-refractivity contribution < 1.29 is 32.5 Å². The lowest BCUT2D eigenvalue weighted by molar-refractivity contribution is -0.138. The molecule has 10 heteroatoms. The van der Waals surface area contributed by atoms with Crippen LogP contribution in [0, 0.1) is 6.92 Å². The van der Waals surface area contributed by atoms with Gasteiger partial charge in [0.15, 0.2) is 0 Å². The van der Waals surface area contributed by atoms with E-state index in [4.69, 9.17) is 14.6 Å². The maximum atomic E-state index is 13.0. The molecular formula is C25H28F3N3O4. The normalized spacial score (nSPS) is 11.6. The second kappa shape index (κ2) is 11.2. The number of aromatic nitrogens is 3. The van der Waals surface area contributed by atoms with Gasteiger partial charge in [-0.15, -0.1) is 5.10 Å². The first-order chi connectivity index (χ1) is 16.5. The Hall–Kier alpha value is -3.56. The first kappa shape index (κ1) is 26.1. The summed E-state index contributed by atoms with van der Waals surface area (Å²) in [6, 6.07) is 8.82. The Kier molecular flexibility index (Phi) is 8.37. The molecule has 0 aliphatic carbocycles. The summed E-state index contributed by atoms with van der Waals surface area (Å²) in [5.41, 5.74) is 1.90. The molecule has 0 saturated heterocycles. The molecule has 1 aromatic carbocycles. The van der Waals surface area contributed by atoms with Gasteiger partial charge in [-0.05, 0) is 62.9 Å². The van der Waals surface area contributed by atoms with Crippen LogP contribution in [-0.4, -0.2) is 38.6 Å². The summed E-state index contributed by atoms with van der Waals surface area (Å²) in [5, 5.41) is 13.5. The third-order valence-corrected chi connectivity index (χ3v) is 5.20. The third-order valence-electron chi connectivity index (χ3n) is 5.20. The summed E-state index contributed by atoms with van der Waals surface area (Å²) in [5.74, 6) is -0.246. The SMILES string of the molecule is Cc1cc(C(F)(F)F)ccc1Cn1nc(OC(C)C)cc1CCCOc1ncccc1CC(=O)O. The number of ether oxygens (including phenoxy) is 2. The molecule has 3 rings (SSSR count). The van der Waals surface area contributed by atoms with E-state index in [0.717, 1.165) is 23.4 Å². The van der Waals surface area contributed by atoms with Crippen LogP contribution in [0.2, 0.25) is 0 Å². The van der Waals surface area contributed by atoms with Crippen LogP contribution < -0.4 is 9.47 Å². The van der Waals surface area contributed by atoms with Crippen LogP contribution in [0.1, 0.15) is 48.2 Å². The maximum Gasteiger partial charge on any atom is 0.416 e. The number of carbonyl (C=O) groups is 1. The molecule has 2 heterocycles. The highest BCUT2D eigenvalue weighted by atomic mass is 19.4. The highest BCUT2D eigenvalue weighted by molar-refractivity contribution is 5.70. The number of benzene rings is 1. The van der Waals surface area contributed by atoms with Gasteiger partial charge in [-0.2, -0.15) is 13.2 Å². The average Bonchev–Trinajstić information content (AvgIpc) is 3.12. The van der Waals surface area contributed by atoms with E-state index in [2.05, 4.69) is 10.1 Å². The van der Waals surface area contributed by atoms with Crippen molar-refractivity contribution >= 4 is 5.97 Å². The Morgan fingerprint density at radius 3 is 2.60 bits per heavy atom. The van der Waals surface area contributed by atoms with Crippen LogP contribution in [0.5, 0.6) is 11.8 Å². The minimum Gasteiger partial charge on any atom is -0.481 e. The predicted molar refractivity (Wildman–Crippen MR) is 123 cm³/mol. The maximum absolute atomic E-state index is 13.0. The van der Waals surface area contributed by atoms with Gasteiger partial charge >= 0.3 is 12.1 Å². The zero-order valence-electron chi connectivity index (χ0n) is 19.8. The standard InChI is InChI=1S/C25H28F3N3O4/c1-16(2)35-22-14-21(7-5-11-34-24-18(13-23(32)33)6-4-10-29-24)31(30-22)15-19-8-9-20(12-17(19)3)25(26,27)28/h4,6,8-10,12,14,16H,5,7,11,13,15H2,1-3H3,(H,32,33). The topological polar surface area (TPSA) is 86.5 Å². The van der Waals surface area contributed by atoms with E-state index in [9.17, 15) is 18.0 Å². The lowest BCUT2D eigenvalue weighted by atomic mass is 10.0. The third kappa shape index (κ3) is 7.46. The molecule has 0 fully saturated rings. The first-order valence-corrected chi connectivity index (χ1v) is 11.2. The van der Waals surface area contributed by atoms with Crippen molar-refractivity contribution in [1.29, 1.82) is 0 Å². The molecular weight excluding hydrogens is 463 g/mol. The average molecular weight is 492 g/mol. The Morgan fingerprint density at radius 1 is 1.17 bits per heavy atom. The monoisotopic (exact) mass is 491 g/mol. The van der Waals surface area contributed by atoms with Crippen molar-refractivity contribution in [3.63, 3.8) is 0 Å². The summed E-state index contributed by atoms with van der Waals surface area (Å²) in [4.78, 5) is 15.2. The molecule has 1 N–H and O–H groups in total. The van der Waals surface area contributed by atoms with Gasteiger partial charge in [0.05, 0.1) is 31.2 Å². The van der Waals surface area contributed by atoms with Crippen molar-refractivity contribution in [3.05, 3.63) is 70.5 Å². The number of pyridine rings is 1. The predicted octanol–water partition coefficient (Wildman–Crippen LogP) is 5.08. The van der Waals surface area contributed by atoms with Gasteiger partial charge in [0.2, 0.25) is 11.8 Å². The van der Waals surface area contributed by atoms with Gasteiger partial charge < -0.3 is 14.6 Å². The summed E-state index contributed by atoms with van der Waals surface area (Å²) >= 11 is 0. The summed E-state index contributed by atoms with van der Waals surface area (Å²) in [6.07, 6.45) is -1.97. The number of aliphatic carboxylic acids is 1. The van der Waals surface area contributed by atoms with Crippen LogP contribution in [0.3, 0.4) is 0 Å². The van der Waals surface area contributed by atoms with Crippen LogP contribution in [0.15, 0.2) is 42.6 Å². The molecule has 0 unspecified atom stereocenters. The van der Waals surface area contributed by atoms with E-state index in [1.165, 1.54) is 12.3 Å². The molecule has 188 valence electrons. The van der Waals surface area contributed by atoms with Crippen molar-refractivity contribution in [1.82, 2.24) is 14.8 Å². The fourth-order valence-electron chi connectivity index (χ4n) is 3.55. The van der Waals surface area contributed by atoms with Crippen molar-refractivity contribution in [2.45, 2.75) is 58.9 Å². The minimum atomic E-state index is -4.39. The van der Waals surface area contributed by atoms with Crippen LogP contribution in [-0.2, 0) is 30.4 Å². The van der Waals surface area contributed by atoms with Crippen LogP contribution in [0.25, 0.3) is 0 Å². The number of carboxylic acids is 1. The fourth-order valence-corrected chi connectivity index (χ4v) is 3.55. The van der Waals surface area contributed by atoms with Crippen molar-refractivity contribution in [2.75, 3.05) is 6.61 Å². The number of halogens is 3. The van der Waals surface area contributed by atoms with E-state index in [1.54, 1.807) is 23.7 Å². The van der Waals surface area contributed by atoms with Crippen molar-refractivity contribution in [3.8, 4) is 11.8 Å². The Morgan fingerprint density at radius 2 is 1.94 bits per heavy atom. The molecule has 2 aromatic heterocycles. The van der Waals surface area contributed by atoms with Gasteiger partial charge in [0.1, 0.15) is 0 Å². The van der Waals surface area contributed by atoms with Crippen LogP contribution >= 0.6 is 0 Å². The molecule has 35 heavy (non-hydrogen) atoms. The zero-order chi connectivity index (χ0) is 25.6. The van der Waals surface area contributed by atoms with E-state index in [1.807, 2.05) is 19.9 Å².